The average Bonchev–Trinajstić information content (AvgIpc) is 3.15. The Morgan fingerprint density at radius 1 is 1.11 bits per heavy atom. The number of pyridine rings is 1. The summed E-state index contributed by atoms with van der Waals surface area (Å²) in [5.74, 6) is -0.00767. The highest BCUT2D eigenvalue weighted by Crippen LogP contribution is 2.27. The van der Waals surface area contributed by atoms with Crippen molar-refractivity contribution in [1.29, 1.82) is 0 Å². The van der Waals surface area contributed by atoms with Gasteiger partial charge in [-0.1, -0.05) is 30.9 Å². The molecule has 1 amide bonds. The number of nitrogens with zero attached hydrogens (tertiary/aromatic N) is 1. The first kappa shape index (κ1) is 20.8. The Morgan fingerprint density at radius 3 is 2.61 bits per heavy atom. The first-order valence-corrected chi connectivity index (χ1v) is 8.35. The smallest absolute Gasteiger partial charge is 0.358 e. The maximum Gasteiger partial charge on any atom is 0.373 e. The lowest BCUT2D eigenvalue weighted by atomic mass is 10.0. The van der Waals surface area contributed by atoms with Crippen LogP contribution in [0.2, 0.25) is 0 Å². The zero-order valence-electron chi connectivity index (χ0n) is 14.9. The van der Waals surface area contributed by atoms with Gasteiger partial charge in [0, 0.05) is 41.7 Å². The minimum atomic E-state index is -0.00767. The second-order valence-corrected chi connectivity index (χ2v) is 5.92. The van der Waals surface area contributed by atoms with Gasteiger partial charge in [-0.3, -0.25) is 9.78 Å². The number of aromatic nitrogens is 2. The fraction of sp³-hybridized carbons (Fsp3) is 0.0952. The van der Waals surface area contributed by atoms with Crippen molar-refractivity contribution < 1.29 is 14.4 Å². The van der Waals surface area contributed by atoms with Gasteiger partial charge in [-0.25, -0.2) is 0 Å². The number of aromatic amines is 1. The zero-order chi connectivity index (χ0) is 19.2. The normalized spacial score (nSPS) is 11.6. The molecule has 1 aliphatic rings. The molecule has 7 heteroatoms. The highest BCUT2D eigenvalue weighted by Gasteiger charge is 2.20. The van der Waals surface area contributed by atoms with E-state index < -0.39 is 0 Å². The second-order valence-electron chi connectivity index (χ2n) is 5.92. The lowest BCUT2D eigenvalue weighted by Gasteiger charge is -2.10. The number of H-pyrrole nitrogens is 1. The van der Waals surface area contributed by atoms with Gasteiger partial charge in [0.05, 0.1) is 11.3 Å². The number of hydrogen-bond acceptors (Lipinski definition) is 4. The van der Waals surface area contributed by atoms with E-state index in [1.807, 2.05) is 42.5 Å². The van der Waals surface area contributed by atoms with Gasteiger partial charge in [0.2, 0.25) is 0 Å². The van der Waals surface area contributed by atoms with Crippen molar-refractivity contribution in [3.05, 3.63) is 72.1 Å². The molecule has 0 aliphatic carbocycles. The van der Waals surface area contributed by atoms with E-state index in [0.29, 0.717) is 6.54 Å². The predicted octanol–water partition coefficient (Wildman–Crippen LogP) is 3.51. The Morgan fingerprint density at radius 2 is 1.89 bits per heavy atom. The highest BCUT2D eigenvalue weighted by molar-refractivity contribution is 5.97. The molecule has 0 saturated heterocycles. The van der Waals surface area contributed by atoms with Crippen LogP contribution in [0, 0.1) is 0 Å². The Kier molecular flexibility index (Phi) is 7.04. The van der Waals surface area contributed by atoms with E-state index in [-0.39, 0.29) is 24.5 Å². The first-order valence-electron chi connectivity index (χ1n) is 8.35. The van der Waals surface area contributed by atoms with Crippen LogP contribution in [-0.2, 0) is 16.0 Å². The number of rotatable bonds is 3. The van der Waals surface area contributed by atoms with Gasteiger partial charge in [-0.05, 0) is 29.8 Å². The van der Waals surface area contributed by atoms with E-state index in [9.17, 15) is 4.79 Å². The molecular weight excluding hydrogens is 378 g/mol. The van der Waals surface area contributed by atoms with Gasteiger partial charge >= 0.3 is 6.15 Å². The zero-order valence-corrected chi connectivity index (χ0v) is 15.7. The summed E-state index contributed by atoms with van der Waals surface area (Å²) >= 11 is 0. The molecule has 4 rings (SSSR count). The van der Waals surface area contributed by atoms with Crippen molar-refractivity contribution in [2.24, 2.45) is 0 Å². The first-order chi connectivity index (χ1) is 13.2. The lowest BCUT2D eigenvalue weighted by Crippen LogP contribution is -2.31. The number of carbonyl (C=O) groups excluding carboxylic acids is 3. The van der Waals surface area contributed by atoms with Crippen molar-refractivity contribution in [2.75, 3.05) is 6.54 Å². The van der Waals surface area contributed by atoms with E-state index in [0.717, 1.165) is 45.8 Å². The van der Waals surface area contributed by atoms with Gasteiger partial charge in [-0.2, -0.15) is 9.59 Å². The molecule has 142 valence electrons. The monoisotopic (exact) mass is 395 g/mol. The second kappa shape index (κ2) is 9.46. The number of fused-ring (bicyclic) bond motifs is 1. The molecule has 0 fully saturated rings. The number of benzene rings is 1. The molecule has 3 heterocycles. The molecular formula is C21H18ClN3O3. The van der Waals surface area contributed by atoms with Crippen LogP contribution in [0.5, 0.6) is 0 Å². The van der Waals surface area contributed by atoms with E-state index in [1.54, 1.807) is 6.20 Å². The molecule has 0 bridgehead atoms. The largest absolute Gasteiger partial charge is 0.373 e. The summed E-state index contributed by atoms with van der Waals surface area (Å²) in [7, 11) is 0. The van der Waals surface area contributed by atoms with Crippen LogP contribution in [0.25, 0.3) is 28.6 Å². The highest BCUT2D eigenvalue weighted by atomic mass is 35.5. The number of hydrogen-bond donors (Lipinski definition) is 2. The fourth-order valence-electron chi connectivity index (χ4n) is 3.03. The minimum Gasteiger partial charge on any atom is -0.358 e. The van der Waals surface area contributed by atoms with Crippen LogP contribution in [0.3, 0.4) is 0 Å². The van der Waals surface area contributed by atoms with Crippen LogP contribution in [-0.4, -0.2) is 28.6 Å². The molecule has 1 aromatic carbocycles. The van der Waals surface area contributed by atoms with Crippen LogP contribution < -0.4 is 5.32 Å². The summed E-state index contributed by atoms with van der Waals surface area (Å²) in [6, 6.07) is 14.0. The Labute approximate surface area is 168 Å². The summed E-state index contributed by atoms with van der Waals surface area (Å²) in [5, 5.41) is 2.87. The molecule has 2 aromatic heterocycles. The standard InChI is InChI=1S/C20H17N3O.CO2.ClH/c1-2-13-4-3-5-14(10-13)18-11-15(6-8-21-18)19-12-16-17(23-19)7-9-22-20(16)24;2-1-3;/h2-6,8,10-12,23H,1,7,9H2,(H,22,24);;1H. The number of halogens is 1. The van der Waals surface area contributed by atoms with Gasteiger partial charge < -0.3 is 10.3 Å². The number of nitrogens with one attached hydrogen (secondary N) is 2. The summed E-state index contributed by atoms with van der Waals surface area (Å²) in [4.78, 5) is 36.0. The Bertz CT molecular complexity index is 1040. The third-order valence-corrected chi connectivity index (χ3v) is 4.29. The van der Waals surface area contributed by atoms with Crippen LogP contribution >= 0.6 is 12.4 Å². The number of carbonyl (C=O) groups is 1. The molecule has 0 unspecified atom stereocenters. The molecule has 0 saturated carbocycles. The quantitative estimate of drug-likeness (QED) is 0.709. The van der Waals surface area contributed by atoms with Gasteiger partial charge in [0.15, 0.2) is 0 Å². The minimum absolute atomic E-state index is 0. The molecule has 0 spiro atoms. The third kappa shape index (κ3) is 4.43. The SMILES string of the molecule is C=Cc1cccc(-c2cc(-c3cc4c([nH]3)CCNC4=O)ccn2)c1.Cl.O=C=O. The summed E-state index contributed by atoms with van der Waals surface area (Å²) in [6.45, 7) is 4.49. The van der Waals surface area contributed by atoms with Crippen LogP contribution in [0.15, 0.2) is 55.2 Å². The van der Waals surface area contributed by atoms with Crippen molar-refractivity contribution >= 4 is 30.5 Å². The van der Waals surface area contributed by atoms with Crippen molar-refractivity contribution in [1.82, 2.24) is 15.3 Å². The van der Waals surface area contributed by atoms with Crippen LogP contribution in [0.1, 0.15) is 21.6 Å². The van der Waals surface area contributed by atoms with Gasteiger partial charge in [0.25, 0.3) is 5.91 Å². The fourth-order valence-corrected chi connectivity index (χ4v) is 3.03. The number of amides is 1. The summed E-state index contributed by atoms with van der Waals surface area (Å²) in [6.07, 6.45) is 4.70. The van der Waals surface area contributed by atoms with Crippen molar-refractivity contribution in [2.45, 2.75) is 6.42 Å². The van der Waals surface area contributed by atoms with E-state index >= 15 is 0 Å². The average molecular weight is 396 g/mol. The molecule has 0 atom stereocenters. The van der Waals surface area contributed by atoms with E-state index in [4.69, 9.17) is 9.59 Å². The van der Waals surface area contributed by atoms with E-state index in [1.165, 1.54) is 0 Å². The molecule has 1 aliphatic heterocycles. The third-order valence-electron chi connectivity index (χ3n) is 4.29. The molecule has 2 N–H and O–H groups in total. The Hall–Kier alpha value is -3.47. The summed E-state index contributed by atoms with van der Waals surface area (Å²) < 4.78 is 0. The predicted molar refractivity (Wildman–Crippen MR) is 108 cm³/mol. The van der Waals surface area contributed by atoms with Gasteiger partial charge in [-0.15, -0.1) is 12.4 Å². The van der Waals surface area contributed by atoms with E-state index in [2.05, 4.69) is 27.9 Å². The molecule has 3 aromatic rings. The van der Waals surface area contributed by atoms with Crippen molar-refractivity contribution in [3.8, 4) is 22.5 Å². The molecule has 6 nitrogen and oxygen atoms in total. The topological polar surface area (TPSA) is 91.9 Å². The lowest BCUT2D eigenvalue weighted by molar-refractivity contribution is -0.191. The van der Waals surface area contributed by atoms with Crippen molar-refractivity contribution in [3.63, 3.8) is 0 Å². The molecule has 28 heavy (non-hydrogen) atoms. The summed E-state index contributed by atoms with van der Waals surface area (Å²) in [5.41, 5.74) is 6.71. The maximum absolute atomic E-state index is 11.9. The Balaban J connectivity index is 0.000000660. The van der Waals surface area contributed by atoms with Gasteiger partial charge in [0.1, 0.15) is 0 Å². The van der Waals surface area contributed by atoms with Crippen LogP contribution in [0.4, 0.5) is 0 Å². The molecule has 0 radical (unpaired) electrons. The maximum atomic E-state index is 11.9.